The summed E-state index contributed by atoms with van der Waals surface area (Å²) in [7, 11) is 1.89. The molecule has 0 heterocycles. The number of hydrogen-bond acceptors (Lipinski definition) is 2. The highest BCUT2D eigenvalue weighted by molar-refractivity contribution is 5.78. The summed E-state index contributed by atoms with van der Waals surface area (Å²) in [5, 5.41) is 9.17. The quantitative estimate of drug-likeness (QED) is 0.760. The highest BCUT2D eigenvalue weighted by Gasteiger charge is 2.35. The summed E-state index contributed by atoms with van der Waals surface area (Å²) in [6.45, 7) is 2.87. The SMILES string of the molecule is CC(C(=O)N(C)CC1CC(O)C1)C1CC1. The smallest absolute Gasteiger partial charge is 0.225 e. The number of nitrogens with zero attached hydrogens (tertiary/aromatic N) is 1. The van der Waals surface area contributed by atoms with Crippen molar-refractivity contribution >= 4 is 5.91 Å². The van der Waals surface area contributed by atoms with Crippen molar-refractivity contribution in [1.29, 1.82) is 0 Å². The average molecular weight is 211 g/mol. The van der Waals surface area contributed by atoms with Gasteiger partial charge >= 0.3 is 0 Å². The van der Waals surface area contributed by atoms with E-state index in [2.05, 4.69) is 0 Å². The molecule has 2 fully saturated rings. The third-order valence-electron chi connectivity index (χ3n) is 3.84. The van der Waals surface area contributed by atoms with Crippen LogP contribution in [-0.4, -0.2) is 35.6 Å². The molecule has 0 bridgehead atoms. The van der Waals surface area contributed by atoms with Crippen molar-refractivity contribution in [3.8, 4) is 0 Å². The number of hydrogen-bond donors (Lipinski definition) is 1. The Kier molecular flexibility index (Phi) is 3.01. The van der Waals surface area contributed by atoms with Gasteiger partial charge in [-0.3, -0.25) is 4.79 Å². The summed E-state index contributed by atoms with van der Waals surface area (Å²) in [5.41, 5.74) is 0. The van der Waals surface area contributed by atoms with E-state index in [4.69, 9.17) is 0 Å². The van der Waals surface area contributed by atoms with Gasteiger partial charge in [0.15, 0.2) is 0 Å². The van der Waals surface area contributed by atoms with Crippen molar-refractivity contribution in [2.75, 3.05) is 13.6 Å². The molecule has 1 unspecified atom stereocenters. The minimum absolute atomic E-state index is 0.112. The Balaban J connectivity index is 1.74. The van der Waals surface area contributed by atoms with Gasteiger partial charge in [0.25, 0.3) is 0 Å². The lowest BCUT2D eigenvalue weighted by atomic mass is 9.82. The molecule has 2 aliphatic carbocycles. The Hall–Kier alpha value is -0.570. The molecule has 2 aliphatic rings. The molecule has 15 heavy (non-hydrogen) atoms. The maximum absolute atomic E-state index is 11.9. The zero-order valence-electron chi connectivity index (χ0n) is 9.65. The number of aliphatic hydroxyl groups is 1. The monoisotopic (exact) mass is 211 g/mol. The first-order valence-electron chi connectivity index (χ1n) is 6.01. The second kappa shape index (κ2) is 4.12. The lowest BCUT2D eigenvalue weighted by Crippen LogP contribution is -2.41. The number of carbonyl (C=O) groups excluding carboxylic acids is 1. The van der Waals surface area contributed by atoms with E-state index < -0.39 is 0 Å². The van der Waals surface area contributed by atoms with Crippen LogP contribution in [0.5, 0.6) is 0 Å². The summed E-state index contributed by atoms with van der Waals surface area (Å²) in [6, 6.07) is 0. The molecule has 3 heteroatoms. The zero-order valence-corrected chi connectivity index (χ0v) is 9.65. The molecule has 0 aromatic carbocycles. The van der Waals surface area contributed by atoms with Gasteiger partial charge in [0.2, 0.25) is 5.91 Å². The molecule has 1 atom stereocenters. The number of amides is 1. The number of rotatable bonds is 4. The second-order valence-corrected chi connectivity index (χ2v) is 5.34. The normalized spacial score (nSPS) is 31.9. The van der Waals surface area contributed by atoms with Gasteiger partial charge in [-0.15, -0.1) is 0 Å². The molecule has 3 nitrogen and oxygen atoms in total. The van der Waals surface area contributed by atoms with Crippen molar-refractivity contribution in [1.82, 2.24) is 4.90 Å². The van der Waals surface area contributed by atoms with Crippen LogP contribution in [0.3, 0.4) is 0 Å². The standard InChI is InChI=1S/C12H21NO2/c1-8(10-3-4-10)12(15)13(2)7-9-5-11(14)6-9/h8-11,14H,3-7H2,1-2H3. The first-order valence-corrected chi connectivity index (χ1v) is 6.01. The molecular weight excluding hydrogens is 190 g/mol. The van der Waals surface area contributed by atoms with E-state index in [9.17, 15) is 9.90 Å². The molecule has 0 aromatic rings. The van der Waals surface area contributed by atoms with Gasteiger partial charge < -0.3 is 10.0 Å². The van der Waals surface area contributed by atoms with E-state index in [0.717, 1.165) is 19.4 Å². The average Bonchev–Trinajstić information content (AvgIpc) is 2.96. The molecule has 86 valence electrons. The maximum Gasteiger partial charge on any atom is 0.225 e. The van der Waals surface area contributed by atoms with Crippen LogP contribution in [0.1, 0.15) is 32.6 Å². The maximum atomic E-state index is 11.9. The predicted molar refractivity (Wildman–Crippen MR) is 58.3 cm³/mol. The van der Waals surface area contributed by atoms with Crippen molar-refractivity contribution in [3.63, 3.8) is 0 Å². The summed E-state index contributed by atoms with van der Waals surface area (Å²) >= 11 is 0. The van der Waals surface area contributed by atoms with Crippen LogP contribution in [0.25, 0.3) is 0 Å². The lowest BCUT2D eigenvalue weighted by molar-refractivity contribution is -0.135. The van der Waals surface area contributed by atoms with Crippen LogP contribution in [0.2, 0.25) is 0 Å². The Bertz CT molecular complexity index is 244. The highest BCUT2D eigenvalue weighted by atomic mass is 16.3. The summed E-state index contributed by atoms with van der Waals surface area (Å²) < 4.78 is 0. The largest absolute Gasteiger partial charge is 0.393 e. The van der Waals surface area contributed by atoms with Crippen molar-refractivity contribution < 1.29 is 9.90 Å². The Morgan fingerprint density at radius 3 is 2.53 bits per heavy atom. The second-order valence-electron chi connectivity index (χ2n) is 5.34. The number of aliphatic hydroxyl groups excluding tert-OH is 1. The third kappa shape index (κ3) is 2.51. The molecule has 2 saturated carbocycles. The van der Waals surface area contributed by atoms with Crippen molar-refractivity contribution in [3.05, 3.63) is 0 Å². The fourth-order valence-electron chi connectivity index (χ4n) is 2.47. The van der Waals surface area contributed by atoms with Crippen LogP contribution in [-0.2, 0) is 4.79 Å². The van der Waals surface area contributed by atoms with Gasteiger partial charge in [-0.25, -0.2) is 0 Å². The minimum Gasteiger partial charge on any atom is -0.393 e. The van der Waals surface area contributed by atoms with Crippen molar-refractivity contribution in [2.45, 2.75) is 38.7 Å². The van der Waals surface area contributed by atoms with Crippen LogP contribution >= 0.6 is 0 Å². The fourth-order valence-corrected chi connectivity index (χ4v) is 2.47. The fraction of sp³-hybridized carbons (Fsp3) is 0.917. The zero-order chi connectivity index (χ0) is 11.0. The summed E-state index contributed by atoms with van der Waals surface area (Å²) in [4.78, 5) is 13.8. The van der Waals surface area contributed by atoms with Gasteiger partial charge in [-0.05, 0) is 37.5 Å². The van der Waals surface area contributed by atoms with E-state index in [-0.39, 0.29) is 12.0 Å². The van der Waals surface area contributed by atoms with Gasteiger partial charge in [-0.2, -0.15) is 0 Å². The molecular formula is C12H21NO2. The van der Waals surface area contributed by atoms with E-state index >= 15 is 0 Å². The van der Waals surface area contributed by atoms with Crippen LogP contribution in [0, 0.1) is 17.8 Å². The molecule has 0 spiro atoms. The topological polar surface area (TPSA) is 40.5 Å². The molecule has 0 aliphatic heterocycles. The number of carbonyl (C=O) groups is 1. The van der Waals surface area contributed by atoms with Crippen molar-refractivity contribution in [2.24, 2.45) is 17.8 Å². The lowest BCUT2D eigenvalue weighted by Gasteiger charge is -2.35. The Morgan fingerprint density at radius 1 is 1.47 bits per heavy atom. The molecule has 1 N–H and O–H groups in total. The predicted octanol–water partition coefficient (Wildman–Crippen LogP) is 1.26. The van der Waals surface area contributed by atoms with Gasteiger partial charge in [0.05, 0.1) is 6.10 Å². The van der Waals surface area contributed by atoms with Gasteiger partial charge in [0, 0.05) is 19.5 Å². The molecule has 2 rings (SSSR count). The van der Waals surface area contributed by atoms with E-state index in [1.165, 1.54) is 12.8 Å². The summed E-state index contributed by atoms with van der Waals surface area (Å²) in [5.74, 6) is 1.67. The first kappa shape index (κ1) is 10.9. The molecule has 0 radical (unpaired) electrons. The molecule has 0 aromatic heterocycles. The van der Waals surface area contributed by atoms with Gasteiger partial charge in [0.1, 0.15) is 0 Å². The Morgan fingerprint density at radius 2 is 2.07 bits per heavy atom. The summed E-state index contributed by atoms with van der Waals surface area (Å²) in [6.07, 6.45) is 4.08. The highest BCUT2D eigenvalue weighted by Crippen LogP contribution is 2.37. The Labute approximate surface area is 91.5 Å². The minimum atomic E-state index is -0.112. The van der Waals surface area contributed by atoms with Crippen LogP contribution in [0.15, 0.2) is 0 Å². The van der Waals surface area contributed by atoms with Crippen LogP contribution in [0.4, 0.5) is 0 Å². The molecule has 1 amide bonds. The molecule has 0 saturated heterocycles. The van der Waals surface area contributed by atoms with Gasteiger partial charge in [-0.1, -0.05) is 6.92 Å². The van der Waals surface area contributed by atoms with E-state index in [1.807, 2.05) is 18.9 Å². The van der Waals surface area contributed by atoms with E-state index in [1.54, 1.807) is 0 Å². The van der Waals surface area contributed by atoms with E-state index in [0.29, 0.717) is 17.7 Å². The van der Waals surface area contributed by atoms with Crippen LogP contribution < -0.4 is 0 Å². The first-order chi connectivity index (χ1) is 7.08. The third-order valence-corrected chi connectivity index (χ3v) is 3.84.